The van der Waals surface area contributed by atoms with E-state index in [4.69, 9.17) is 17.0 Å². The number of hydrogen-bond donors (Lipinski definition) is 0. The molecule has 0 N–H and O–H groups in total. The highest BCUT2D eigenvalue weighted by molar-refractivity contribution is 7.80. The smallest absolute Gasteiger partial charge is 0.258 e. The Balaban J connectivity index is 3.16. The zero-order valence-corrected chi connectivity index (χ0v) is 9.10. The largest absolute Gasteiger partial charge is 0.471 e. The fourth-order valence-corrected chi connectivity index (χ4v) is 0.878. The fourth-order valence-electron chi connectivity index (χ4n) is 0.795. The molecule has 0 unspecified atom stereocenters. The molecule has 0 amide bonds. The van der Waals surface area contributed by atoms with Crippen molar-refractivity contribution in [3.05, 3.63) is 0 Å². The van der Waals surface area contributed by atoms with Crippen molar-refractivity contribution in [2.75, 3.05) is 20.7 Å². The van der Waals surface area contributed by atoms with Crippen molar-refractivity contribution >= 4 is 23.7 Å². The average molecular weight is 203 g/mol. The third-order valence-corrected chi connectivity index (χ3v) is 2.04. The highest BCUT2D eigenvalue weighted by atomic mass is 32.1. The van der Waals surface area contributed by atoms with E-state index >= 15 is 0 Å². The highest BCUT2D eigenvalue weighted by Crippen LogP contribution is 1.99. The van der Waals surface area contributed by atoms with Crippen LogP contribution in [0.15, 0.2) is 0 Å². The minimum absolute atomic E-state index is 0.524. The van der Waals surface area contributed by atoms with Crippen LogP contribution in [-0.4, -0.2) is 37.1 Å². The van der Waals surface area contributed by atoms with Gasteiger partial charge in [-0.2, -0.15) is 0 Å². The normalized spacial score (nSPS) is 9.38. The molecule has 0 aromatic carbocycles. The Hall–Kier alpha value is -0.640. The van der Waals surface area contributed by atoms with Gasteiger partial charge in [0.15, 0.2) is 0 Å². The lowest BCUT2D eigenvalue weighted by atomic mass is 10.2. The quantitative estimate of drug-likeness (QED) is 0.372. The molecule has 0 rings (SSSR count). The molecule has 0 bridgehead atoms. The van der Waals surface area contributed by atoms with E-state index in [2.05, 4.69) is 0 Å². The van der Waals surface area contributed by atoms with E-state index in [-0.39, 0.29) is 0 Å². The summed E-state index contributed by atoms with van der Waals surface area (Å²) in [6.07, 6.45) is 4.53. The summed E-state index contributed by atoms with van der Waals surface area (Å²) >= 11 is 4.93. The first-order valence-electron chi connectivity index (χ1n) is 4.46. The second-order valence-electron chi connectivity index (χ2n) is 3.02. The molecule has 0 spiro atoms. The molecule has 0 fully saturated rings. The standard InChI is InChI=1S/C9H17NO2S/c1-10(2)9(13)12-8-6-4-3-5-7-11/h7H,3-6,8H2,1-2H3. The fraction of sp³-hybridized carbons (Fsp3) is 0.778. The van der Waals surface area contributed by atoms with Crippen molar-refractivity contribution in [2.45, 2.75) is 25.7 Å². The Morgan fingerprint density at radius 2 is 2.08 bits per heavy atom. The number of rotatable bonds is 6. The van der Waals surface area contributed by atoms with Crippen molar-refractivity contribution < 1.29 is 9.53 Å². The molecule has 0 saturated carbocycles. The number of carbonyl (C=O) groups is 1. The molecule has 0 aromatic heterocycles. The number of hydrogen-bond acceptors (Lipinski definition) is 3. The van der Waals surface area contributed by atoms with Gasteiger partial charge in [-0.1, -0.05) is 0 Å². The zero-order valence-electron chi connectivity index (χ0n) is 8.28. The SMILES string of the molecule is CN(C)C(=S)OCCCCCC=O. The average Bonchev–Trinajstić information content (AvgIpc) is 2.10. The van der Waals surface area contributed by atoms with Crippen LogP contribution < -0.4 is 0 Å². The van der Waals surface area contributed by atoms with E-state index in [1.54, 1.807) is 4.90 Å². The van der Waals surface area contributed by atoms with Crippen LogP contribution >= 0.6 is 12.2 Å². The van der Waals surface area contributed by atoms with Crippen LogP contribution in [0.1, 0.15) is 25.7 Å². The summed E-state index contributed by atoms with van der Waals surface area (Å²) in [5.74, 6) is 0. The molecule has 0 saturated heterocycles. The molecule has 0 aliphatic carbocycles. The molecular formula is C9H17NO2S. The predicted molar refractivity (Wildman–Crippen MR) is 56.8 cm³/mol. The zero-order chi connectivity index (χ0) is 10.1. The van der Waals surface area contributed by atoms with Gasteiger partial charge in [-0.05, 0) is 31.5 Å². The Kier molecular flexibility index (Phi) is 7.59. The minimum atomic E-state index is 0.524. The van der Waals surface area contributed by atoms with E-state index in [0.717, 1.165) is 25.5 Å². The second-order valence-corrected chi connectivity index (χ2v) is 3.37. The van der Waals surface area contributed by atoms with Crippen LogP contribution in [0.5, 0.6) is 0 Å². The van der Waals surface area contributed by atoms with Gasteiger partial charge >= 0.3 is 0 Å². The summed E-state index contributed by atoms with van der Waals surface area (Å²) in [7, 11) is 3.71. The molecule has 3 nitrogen and oxygen atoms in total. The van der Waals surface area contributed by atoms with Gasteiger partial charge in [-0.3, -0.25) is 0 Å². The molecule has 13 heavy (non-hydrogen) atoms. The van der Waals surface area contributed by atoms with Gasteiger partial charge in [0, 0.05) is 20.5 Å². The van der Waals surface area contributed by atoms with Crippen LogP contribution in [0.25, 0.3) is 0 Å². The van der Waals surface area contributed by atoms with E-state index in [0.29, 0.717) is 18.2 Å². The van der Waals surface area contributed by atoms with Crippen molar-refractivity contribution in [2.24, 2.45) is 0 Å². The molecule has 0 aliphatic rings. The minimum Gasteiger partial charge on any atom is -0.471 e. The lowest BCUT2D eigenvalue weighted by molar-refractivity contribution is -0.107. The maximum Gasteiger partial charge on any atom is 0.258 e. The second kappa shape index (κ2) is 7.98. The van der Waals surface area contributed by atoms with Crippen molar-refractivity contribution in [1.82, 2.24) is 4.90 Å². The van der Waals surface area contributed by atoms with Gasteiger partial charge in [-0.25, -0.2) is 0 Å². The lowest BCUT2D eigenvalue weighted by Gasteiger charge is -2.13. The van der Waals surface area contributed by atoms with Gasteiger partial charge in [0.2, 0.25) is 0 Å². The van der Waals surface area contributed by atoms with Gasteiger partial charge in [0.25, 0.3) is 5.17 Å². The van der Waals surface area contributed by atoms with Crippen LogP contribution in [0.4, 0.5) is 0 Å². The third kappa shape index (κ3) is 7.71. The topological polar surface area (TPSA) is 29.5 Å². The van der Waals surface area contributed by atoms with Gasteiger partial charge < -0.3 is 14.4 Å². The van der Waals surface area contributed by atoms with Crippen LogP contribution in [0.2, 0.25) is 0 Å². The Labute approximate surface area is 85.1 Å². The number of carbonyl (C=O) groups excluding carboxylic acids is 1. The maximum atomic E-state index is 9.98. The van der Waals surface area contributed by atoms with Gasteiger partial charge in [0.05, 0.1) is 6.61 Å². The summed E-state index contributed by atoms with van der Waals surface area (Å²) in [6, 6.07) is 0. The Morgan fingerprint density at radius 1 is 1.38 bits per heavy atom. The molecule has 0 radical (unpaired) electrons. The summed E-state index contributed by atoms with van der Waals surface area (Å²) < 4.78 is 5.25. The van der Waals surface area contributed by atoms with E-state index in [1.807, 2.05) is 14.1 Å². The third-order valence-electron chi connectivity index (χ3n) is 1.56. The van der Waals surface area contributed by atoms with E-state index in [9.17, 15) is 4.79 Å². The maximum absolute atomic E-state index is 9.98. The van der Waals surface area contributed by atoms with Crippen molar-refractivity contribution in [1.29, 1.82) is 0 Å². The summed E-state index contributed by atoms with van der Waals surface area (Å²) in [4.78, 5) is 11.7. The van der Waals surface area contributed by atoms with Crippen molar-refractivity contribution in [3.63, 3.8) is 0 Å². The number of unbranched alkanes of at least 4 members (excludes halogenated alkanes) is 3. The molecule has 4 heteroatoms. The molecule has 0 aliphatic heterocycles. The number of aldehydes is 1. The lowest BCUT2D eigenvalue weighted by Crippen LogP contribution is -2.22. The molecule has 0 heterocycles. The highest BCUT2D eigenvalue weighted by Gasteiger charge is 1.98. The van der Waals surface area contributed by atoms with E-state index < -0.39 is 0 Å². The Bertz CT molecular complexity index is 160. The first kappa shape index (κ1) is 12.4. The molecule has 0 aromatic rings. The predicted octanol–water partition coefficient (Wildman–Crippen LogP) is 1.61. The Morgan fingerprint density at radius 3 is 2.62 bits per heavy atom. The van der Waals surface area contributed by atoms with Crippen molar-refractivity contribution in [3.8, 4) is 0 Å². The van der Waals surface area contributed by atoms with Crippen LogP contribution in [0, 0.1) is 0 Å². The molecule has 76 valence electrons. The van der Waals surface area contributed by atoms with Gasteiger partial charge in [-0.15, -0.1) is 0 Å². The number of thiocarbonyl (C=S) groups is 1. The molecular weight excluding hydrogens is 186 g/mol. The summed E-state index contributed by atoms with van der Waals surface area (Å²) in [6.45, 7) is 0.649. The first-order chi connectivity index (χ1) is 6.18. The number of nitrogens with zero attached hydrogens (tertiary/aromatic N) is 1. The summed E-state index contributed by atoms with van der Waals surface area (Å²) in [5, 5.41) is 0.524. The number of ether oxygens (including phenoxy) is 1. The monoisotopic (exact) mass is 203 g/mol. The van der Waals surface area contributed by atoms with Gasteiger partial charge in [0.1, 0.15) is 6.29 Å². The van der Waals surface area contributed by atoms with E-state index in [1.165, 1.54) is 0 Å². The summed E-state index contributed by atoms with van der Waals surface area (Å²) in [5.41, 5.74) is 0. The van der Waals surface area contributed by atoms with Crippen LogP contribution in [0.3, 0.4) is 0 Å². The molecule has 0 atom stereocenters. The van der Waals surface area contributed by atoms with Crippen LogP contribution in [-0.2, 0) is 9.53 Å². The first-order valence-corrected chi connectivity index (χ1v) is 4.87.